The molecular weight excluding hydrogens is 415 g/mol. The van der Waals surface area contributed by atoms with Crippen molar-refractivity contribution in [2.75, 3.05) is 16.8 Å². The van der Waals surface area contributed by atoms with Gasteiger partial charge in [0.25, 0.3) is 0 Å². The third-order valence-corrected chi connectivity index (χ3v) is 5.49. The molecule has 1 aromatic heterocycles. The molecule has 2 aliphatic rings. The molecule has 1 atom stereocenters. The number of anilines is 2. The largest absolute Gasteiger partial charge is 0.442 e. The number of rotatable bonds is 4. The van der Waals surface area contributed by atoms with Gasteiger partial charge in [-0.05, 0) is 64.3 Å². The number of aromatic nitrogens is 2. The Morgan fingerprint density at radius 1 is 1.22 bits per heavy atom. The molecule has 1 saturated heterocycles. The van der Waals surface area contributed by atoms with Crippen LogP contribution in [0.1, 0.15) is 57.2 Å². The van der Waals surface area contributed by atoms with E-state index in [1.54, 1.807) is 39.8 Å². The van der Waals surface area contributed by atoms with Gasteiger partial charge in [-0.3, -0.25) is 9.59 Å². The van der Waals surface area contributed by atoms with Crippen LogP contribution in [0.15, 0.2) is 24.3 Å². The van der Waals surface area contributed by atoms with Gasteiger partial charge >= 0.3 is 6.09 Å². The van der Waals surface area contributed by atoms with Crippen molar-refractivity contribution in [3.8, 4) is 0 Å². The zero-order chi connectivity index (χ0) is 23.2. The van der Waals surface area contributed by atoms with Crippen LogP contribution < -0.4 is 10.2 Å². The number of nitrogens with one attached hydrogen (secondary N) is 1. The number of nitrogens with zero attached hydrogens (tertiary/aromatic N) is 3. The molecule has 0 bridgehead atoms. The number of benzene rings is 1. The van der Waals surface area contributed by atoms with E-state index in [0.717, 1.165) is 23.2 Å². The molecule has 9 heteroatoms. The number of hydrogen-bond acceptors (Lipinski definition) is 5. The van der Waals surface area contributed by atoms with Crippen molar-refractivity contribution in [3.05, 3.63) is 41.3 Å². The van der Waals surface area contributed by atoms with Crippen molar-refractivity contribution in [3.63, 3.8) is 0 Å². The number of carbonyl (C=O) groups is 3. The summed E-state index contributed by atoms with van der Waals surface area (Å²) in [7, 11) is 0. The quantitative estimate of drug-likeness (QED) is 0.773. The van der Waals surface area contributed by atoms with E-state index in [1.165, 1.54) is 17.0 Å². The normalized spacial score (nSPS) is 18.7. The van der Waals surface area contributed by atoms with Crippen LogP contribution in [0.5, 0.6) is 0 Å². The van der Waals surface area contributed by atoms with E-state index in [4.69, 9.17) is 4.74 Å². The summed E-state index contributed by atoms with van der Waals surface area (Å²) >= 11 is 0. The van der Waals surface area contributed by atoms with Gasteiger partial charge < -0.3 is 15.0 Å². The van der Waals surface area contributed by atoms with Gasteiger partial charge in [-0.15, -0.1) is 4.68 Å². The van der Waals surface area contributed by atoms with Crippen molar-refractivity contribution in [2.45, 2.75) is 58.5 Å². The second kappa shape index (κ2) is 8.03. The smallest absolute Gasteiger partial charge is 0.437 e. The maximum Gasteiger partial charge on any atom is 0.437 e. The van der Waals surface area contributed by atoms with Gasteiger partial charge in [0, 0.05) is 30.6 Å². The highest BCUT2D eigenvalue weighted by Gasteiger charge is 2.37. The van der Waals surface area contributed by atoms with E-state index in [-0.39, 0.29) is 42.3 Å². The predicted octanol–water partition coefficient (Wildman–Crippen LogP) is 3.98. The van der Waals surface area contributed by atoms with Gasteiger partial charge in [-0.1, -0.05) is 0 Å². The fraction of sp³-hybridized carbons (Fsp3) is 0.478. The Morgan fingerprint density at radius 3 is 2.56 bits per heavy atom. The summed E-state index contributed by atoms with van der Waals surface area (Å²) < 4.78 is 20.1. The molecule has 2 aromatic rings. The van der Waals surface area contributed by atoms with Crippen LogP contribution in [-0.4, -0.2) is 39.8 Å². The lowest BCUT2D eigenvalue weighted by atomic mass is 10.1. The fourth-order valence-electron chi connectivity index (χ4n) is 3.67. The first-order valence-corrected chi connectivity index (χ1v) is 10.7. The molecule has 1 saturated carbocycles. The lowest BCUT2D eigenvalue weighted by Gasteiger charge is -2.20. The van der Waals surface area contributed by atoms with E-state index in [0.29, 0.717) is 11.3 Å². The summed E-state index contributed by atoms with van der Waals surface area (Å²) in [6.45, 7) is 7.06. The summed E-state index contributed by atoms with van der Waals surface area (Å²) in [5.41, 5.74) is 1.00. The zero-order valence-electron chi connectivity index (χ0n) is 18.6. The van der Waals surface area contributed by atoms with Crippen LogP contribution in [0.25, 0.3) is 0 Å². The van der Waals surface area contributed by atoms with Gasteiger partial charge in [-0.25, -0.2) is 9.18 Å². The van der Waals surface area contributed by atoms with Crippen LogP contribution in [0.4, 0.5) is 20.7 Å². The van der Waals surface area contributed by atoms with Crippen LogP contribution in [0, 0.1) is 18.7 Å². The minimum Gasteiger partial charge on any atom is -0.442 e. The summed E-state index contributed by atoms with van der Waals surface area (Å²) in [5, 5.41) is 7.10. The molecule has 1 aromatic carbocycles. The van der Waals surface area contributed by atoms with Crippen molar-refractivity contribution in [1.29, 1.82) is 0 Å². The maximum atomic E-state index is 13.6. The lowest BCUT2D eigenvalue weighted by molar-refractivity contribution is -0.122. The van der Waals surface area contributed by atoms with Gasteiger partial charge in [0.05, 0.1) is 11.6 Å². The summed E-state index contributed by atoms with van der Waals surface area (Å²) in [5.74, 6) is -1.05. The summed E-state index contributed by atoms with van der Waals surface area (Å²) in [6, 6.07) is 6.12. The summed E-state index contributed by atoms with van der Waals surface area (Å²) in [4.78, 5) is 39.6. The minimum absolute atomic E-state index is 0.0261. The third-order valence-electron chi connectivity index (χ3n) is 5.49. The van der Waals surface area contributed by atoms with Crippen LogP contribution in [0.2, 0.25) is 0 Å². The fourth-order valence-corrected chi connectivity index (χ4v) is 3.67. The van der Waals surface area contributed by atoms with Gasteiger partial charge in [0.1, 0.15) is 17.2 Å². The van der Waals surface area contributed by atoms with E-state index in [2.05, 4.69) is 10.4 Å². The highest BCUT2D eigenvalue weighted by atomic mass is 19.1. The van der Waals surface area contributed by atoms with Crippen LogP contribution in [0.3, 0.4) is 0 Å². The third kappa shape index (κ3) is 4.66. The molecule has 8 nitrogen and oxygen atoms in total. The molecule has 2 fully saturated rings. The maximum absolute atomic E-state index is 13.6. The zero-order valence-corrected chi connectivity index (χ0v) is 18.6. The summed E-state index contributed by atoms with van der Waals surface area (Å²) in [6.07, 6.45) is 1.33. The highest BCUT2D eigenvalue weighted by Crippen LogP contribution is 2.40. The van der Waals surface area contributed by atoms with E-state index >= 15 is 0 Å². The Bertz CT molecular complexity index is 1080. The Morgan fingerprint density at radius 2 is 1.94 bits per heavy atom. The molecular formula is C23H27FN4O4. The number of hydrogen-bond donors (Lipinski definition) is 1. The average molecular weight is 442 g/mol. The predicted molar refractivity (Wildman–Crippen MR) is 116 cm³/mol. The molecule has 1 aliphatic heterocycles. The van der Waals surface area contributed by atoms with Gasteiger partial charge in [0.15, 0.2) is 0 Å². The molecule has 4 rings (SSSR count). The first kappa shape index (κ1) is 22.0. The number of aryl methyl sites for hydroxylation is 1. The second-order valence-corrected chi connectivity index (χ2v) is 9.45. The van der Waals surface area contributed by atoms with Gasteiger partial charge in [-0.2, -0.15) is 5.10 Å². The molecule has 170 valence electrons. The monoisotopic (exact) mass is 442 g/mol. The molecule has 32 heavy (non-hydrogen) atoms. The molecule has 0 radical (unpaired) electrons. The Labute approximate surface area is 185 Å². The minimum atomic E-state index is -0.713. The number of carbonyl (C=O) groups excluding carboxylic acids is 3. The van der Waals surface area contributed by atoms with Crippen molar-refractivity contribution in [1.82, 2.24) is 9.78 Å². The van der Waals surface area contributed by atoms with E-state index < -0.39 is 17.6 Å². The van der Waals surface area contributed by atoms with E-state index in [1.807, 2.05) is 0 Å². The lowest BCUT2D eigenvalue weighted by Crippen LogP contribution is -2.31. The van der Waals surface area contributed by atoms with Crippen molar-refractivity contribution in [2.24, 2.45) is 5.92 Å². The highest BCUT2D eigenvalue weighted by molar-refractivity contribution is 6.03. The molecule has 1 unspecified atom stereocenters. The van der Waals surface area contributed by atoms with Crippen LogP contribution >= 0.6 is 0 Å². The molecule has 1 N–H and O–H groups in total. The molecule has 2 amide bonds. The van der Waals surface area contributed by atoms with Crippen molar-refractivity contribution < 1.29 is 23.5 Å². The average Bonchev–Trinajstić information content (AvgIpc) is 3.34. The number of amides is 2. The Hall–Kier alpha value is -3.23. The molecule has 0 spiro atoms. The standard InChI is InChI=1S/C23H27FN4O4/c1-13-9-16(7-8-17(13)24)27-12-15(10-20(27)29)21(30)25-19-11-18(14-5-6-14)26-28(19)22(31)32-23(2,3)4/h7-9,11,14-15H,5-6,10,12H2,1-4H3,(H,25,30). The topological polar surface area (TPSA) is 93.5 Å². The van der Waals surface area contributed by atoms with Crippen molar-refractivity contribution >= 4 is 29.4 Å². The first-order valence-electron chi connectivity index (χ1n) is 10.7. The Kier molecular flexibility index (Phi) is 5.52. The first-order chi connectivity index (χ1) is 15.0. The number of ether oxygens (including phenoxy) is 1. The molecule has 2 heterocycles. The number of halogens is 1. The van der Waals surface area contributed by atoms with Crippen LogP contribution in [-0.2, 0) is 14.3 Å². The second-order valence-electron chi connectivity index (χ2n) is 9.45. The van der Waals surface area contributed by atoms with Gasteiger partial charge in [0.2, 0.25) is 11.8 Å². The SMILES string of the molecule is Cc1cc(N2CC(C(=O)Nc3cc(C4CC4)nn3C(=O)OC(C)(C)C)CC2=O)ccc1F. The van der Waals surface area contributed by atoms with E-state index in [9.17, 15) is 18.8 Å². The Balaban J connectivity index is 1.50. The molecule has 1 aliphatic carbocycles.